The Kier molecular flexibility index (Phi) is 1.80. The lowest BCUT2D eigenvalue weighted by Crippen LogP contribution is -2.39. The highest BCUT2D eigenvalue weighted by molar-refractivity contribution is 6.31. The Labute approximate surface area is 70.6 Å². The molecule has 3 heteroatoms. The molecule has 0 radical (unpaired) electrons. The summed E-state index contributed by atoms with van der Waals surface area (Å²) in [7, 11) is 0. The fourth-order valence-electron chi connectivity index (χ4n) is 1.23. The summed E-state index contributed by atoms with van der Waals surface area (Å²) in [6, 6.07) is 1.99. The summed E-state index contributed by atoms with van der Waals surface area (Å²) >= 11 is 5.94. The average Bonchev–Trinajstić information content (AvgIpc) is 1.90. The molecule has 0 aliphatic carbocycles. The third-order valence-corrected chi connectivity index (χ3v) is 2.34. The zero-order chi connectivity index (χ0) is 7.68. The molecule has 0 amide bonds. The van der Waals surface area contributed by atoms with Crippen molar-refractivity contribution in [2.75, 3.05) is 13.1 Å². The van der Waals surface area contributed by atoms with E-state index in [2.05, 4.69) is 10.3 Å². The first-order valence-electron chi connectivity index (χ1n) is 3.68. The van der Waals surface area contributed by atoms with E-state index in [1.165, 1.54) is 5.56 Å². The minimum Gasteiger partial charge on any atom is -0.315 e. The van der Waals surface area contributed by atoms with Gasteiger partial charge in [0.25, 0.3) is 0 Å². The van der Waals surface area contributed by atoms with Crippen LogP contribution in [0.15, 0.2) is 18.5 Å². The van der Waals surface area contributed by atoms with Gasteiger partial charge in [0.15, 0.2) is 0 Å². The van der Waals surface area contributed by atoms with Gasteiger partial charge in [0.1, 0.15) is 0 Å². The van der Waals surface area contributed by atoms with Crippen LogP contribution in [0.4, 0.5) is 0 Å². The second kappa shape index (κ2) is 2.80. The lowest BCUT2D eigenvalue weighted by atomic mass is 9.95. The highest BCUT2D eigenvalue weighted by Gasteiger charge is 2.20. The molecule has 1 aliphatic heterocycles. The maximum Gasteiger partial charge on any atom is 0.0625 e. The van der Waals surface area contributed by atoms with Crippen LogP contribution in [0.5, 0.6) is 0 Å². The highest BCUT2D eigenvalue weighted by Crippen LogP contribution is 2.25. The summed E-state index contributed by atoms with van der Waals surface area (Å²) < 4.78 is 0. The van der Waals surface area contributed by atoms with Gasteiger partial charge in [-0.25, -0.2) is 0 Å². The summed E-state index contributed by atoms with van der Waals surface area (Å²) in [5.41, 5.74) is 1.22. The largest absolute Gasteiger partial charge is 0.315 e. The van der Waals surface area contributed by atoms with Gasteiger partial charge in [0, 0.05) is 31.4 Å². The van der Waals surface area contributed by atoms with Crippen LogP contribution in [0.3, 0.4) is 0 Å². The summed E-state index contributed by atoms with van der Waals surface area (Å²) in [4.78, 5) is 3.93. The molecule has 0 unspecified atom stereocenters. The lowest BCUT2D eigenvalue weighted by Gasteiger charge is -2.27. The Balaban J connectivity index is 2.28. The quantitative estimate of drug-likeness (QED) is 0.686. The zero-order valence-electron chi connectivity index (χ0n) is 6.05. The molecular formula is C8H9ClN2. The standard InChI is InChI=1S/C8H9ClN2/c9-8-5-10-2-1-7(8)6-3-11-4-6/h1-2,5-6,11H,3-4H2. The van der Waals surface area contributed by atoms with E-state index in [0.29, 0.717) is 5.92 Å². The van der Waals surface area contributed by atoms with Crippen molar-refractivity contribution in [2.45, 2.75) is 5.92 Å². The Morgan fingerprint density at radius 2 is 2.36 bits per heavy atom. The molecule has 2 rings (SSSR count). The molecule has 1 fully saturated rings. The number of halogens is 1. The van der Waals surface area contributed by atoms with Crippen molar-refractivity contribution in [1.82, 2.24) is 10.3 Å². The normalized spacial score (nSPS) is 17.9. The first-order valence-corrected chi connectivity index (χ1v) is 4.06. The molecule has 1 aliphatic rings. The lowest BCUT2D eigenvalue weighted by molar-refractivity contribution is 0.448. The number of nitrogens with one attached hydrogen (secondary N) is 1. The van der Waals surface area contributed by atoms with Crippen molar-refractivity contribution in [3.05, 3.63) is 29.0 Å². The molecule has 0 spiro atoms. The van der Waals surface area contributed by atoms with E-state index in [1.807, 2.05) is 6.07 Å². The fraction of sp³-hybridized carbons (Fsp3) is 0.375. The maximum absolute atomic E-state index is 5.94. The maximum atomic E-state index is 5.94. The molecule has 1 aromatic heterocycles. The number of hydrogen-bond donors (Lipinski definition) is 1. The molecule has 58 valence electrons. The molecule has 0 atom stereocenters. The molecule has 0 aromatic carbocycles. The highest BCUT2D eigenvalue weighted by atomic mass is 35.5. The molecule has 11 heavy (non-hydrogen) atoms. The van der Waals surface area contributed by atoms with E-state index < -0.39 is 0 Å². The van der Waals surface area contributed by atoms with Gasteiger partial charge in [-0.1, -0.05) is 11.6 Å². The summed E-state index contributed by atoms with van der Waals surface area (Å²) in [6.07, 6.45) is 3.49. The third-order valence-electron chi connectivity index (χ3n) is 2.03. The predicted molar refractivity (Wildman–Crippen MR) is 44.9 cm³/mol. The molecule has 0 bridgehead atoms. The monoisotopic (exact) mass is 168 g/mol. The Morgan fingerprint density at radius 1 is 1.55 bits per heavy atom. The van der Waals surface area contributed by atoms with E-state index in [0.717, 1.165) is 18.1 Å². The molecule has 0 saturated carbocycles. The van der Waals surface area contributed by atoms with Crippen LogP contribution in [-0.4, -0.2) is 18.1 Å². The van der Waals surface area contributed by atoms with Crippen molar-refractivity contribution < 1.29 is 0 Å². The summed E-state index contributed by atoms with van der Waals surface area (Å²) in [5, 5.41) is 4.00. The van der Waals surface area contributed by atoms with Gasteiger partial charge in [-0.2, -0.15) is 0 Å². The van der Waals surface area contributed by atoms with Gasteiger partial charge >= 0.3 is 0 Å². The van der Waals surface area contributed by atoms with Gasteiger partial charge in [-0.15, -0.1) is 0 Å². The Hall–Kier alpha value is -0.600. The van der Waals surface area contributed by atoms with Crippen LogP contribution in [-0.2, 0) is 0 Å². The second-order valence-corrected chi connectivity index (χ2v) is 3.16. The number of rotatable bonds is 1. The minimum atomic E-state index is 0.602. The second-order valence-electron chi connectivity index (χ2n) is 2.75. The van der Waals surface area contributed by atoms with Gasteiger partial charge < -0.3 is 5.32 Å². The fourth-order valence-corrected chi connectivity index (χ4v) is 1.50. The summed E-state index contributed by atoms with van der Waals surface area (Å²) in [6.45, 7) is 2.09. The van der Waals surface area contributed by atoms with Crippen molar-refractivity contribution in [1.29, 1.82) is 0 Å². The van der Waals surface area contributed by atoms with Gasteiger partial charge in [0.05, 0.1) is 5.02 Å². The number of nitrogens with zero attached hydrogens (tertiary/aromatic N) is 1. The topological polar surface area (TPSA) is 24.9 Å². The Bertz CT molecular complexity index is 258. The van der Waals surface area contributed by atoms with E-state index in [1.54, 1.807) is 12.4 Å². The molecule has 1 N–H and O–H groups in total. The Morgan fingerprint density at radius 3 is 2.91 bits per heavy atom. The van der Waals surface area contributed by atoms with Crippen molar-refractivity contribution in [3.63, 3.8) is 0 Å². The summed E-state index contributed by atoms with van der Waals surface area (Å²) in [5.74, 6) is 0.602. The molecule has 2 nitrogen and oxygen atoms in total. The first kappa shape index (κ1) is 7.07. The average molecular weight is 169 g/mol. The molecular weight excluding hydrogens is 160 g/mol. The smallest absolute Gasteiger partial charge is 0.0625 e. The first-order chi connectivity index (χ1) is 5.38. The van der Waals surface area contributed by atoms with E-state index in [9.17, 15) is 0 Å². The molecule has 1 saturated heterocycles. The number of pyridine rings is 1. The van der Waals surface area contributed by atoms with Gasteiger partial charge in [0.2, 0.25) is 0 Å². The van der Waals surface area contributed by atoms with Crippen molar-refractivity contribution in [3.8, 4) is 0 Å². The van der Waals surface area contributed by atoms with Crippen LogP contribution < -0.4 is 5.32 Å². The van der Waals surface area contributed by atoms with Crippen LogP contribution in [0.1, 0.15) is 11.5 Å². The van der Waals surface area contributed by atoms with E-state index in [4.69, 9.17) is 11.6 Å². The van der Waals surface area contributed by atoms with Crippen LogP contribution in [0.25, 0.3) is 0 Å². The van der Waals surface area contributed by atoms with Crippen LogP contribution in [0.2, 0.25) is 5.02 Å². The predicted octanol–water partition coefficient (Wildman–Crippen LogP) is 1.42. The SMILES string of the molecule is Clc1cnccc1C1CNC1. The number of aromatic nitrogens is 1. The van der Waals surface area contributed by atoms with Gasteiger partial charge in [-0.3, -0.25) is 4.98 Å². The third kappa shape index (κ3) is 1.24. The van der Waals surface area contributed by atoms with Gasteiger partial charge in [-0.05, 0) is 11.6 Å². The minimum absolute atomic E-state index is 0.602. The molecule has 2 heterocycles. The van der Waals surface area contributed by atoms with E-state index in [-0.39, 0.29) is 0 Å². The van der Waals surface area contributed by atoms with Crippen LogP contribution in [0, 0.1) is 0 Å². The zero-order valence-corrected chi connectivity index (χ0v) is 6.80. The number of hydrogen-bond acceptors (Lipinski definition) is 2. The van der Waals surface area contributed by atoms with Crippen molar-refractivity contribution in [2.24, 2.45) is 0 Å². The van der Waals surface area contributed by atoms with Crippen molar-refractivity contribution >= 4 is 11.6 Å². The molecule has 1 aromatic rings. The van der Waals surface area contributed by atoms with Crippen LogP contribution >= 0.6 is 11.6 Å². The van der Waals surface area contributed by atoms with E-state index >= 15 is 0 Å².